The number of hydrogen-bond acceptors (Lipinski definition) is 3. The van der Waals surface area contributed by atoms with Crippen LogP contribution in [0.3, 0.4) is 0 Å². The van der Waals surface area contributed by atoms with Crippen LogP contribution >= 0.6 is 0 Å². The van der Waals surface area contributed by atoms with Crippen molar-refractivity contribution < 1.29 is 9.90 Å². The molecule has 17 heavy (non-hydrogen) atoms. The number of aryl methyl sites for hydroxylation is 1. The van der Waals surface area contributed by atoms with E-state index in [1.54, 1.807) is 0 Å². The molecule has 0 radical (unpaired) electrons. The van der Waals surface area contributed by atoms with Crippen molar-refractivity contribution in [3.8, 4) is 0 Å². The van der Waals surface area contributed by atoms with Gasteiger partial charge in [-0.3, -0.25) is 9.69 Å². The summed E-state index contributed by atoms with van der Waals surface area (Å²) in [6, 6.07) is 0. The van der Waals surface area contributed by atoms with E-state index in [-0.39, 0.29) is 0 Å². The normalized spacial score (nSPS) is 20.9. The summed E-state index contributed by atoms with van der Waals surface area (Å²) in [7, 11) is 2.00. The van der Waals surface area contributed by atoms with Crippen molar-refractivity contribution in [1.82, 2.24) is 14.5 Å². The third kappa shape index (κ3) is 3.30. The number of carboxylic acids is 1. The smallest absolute Gasteiger partial charge is 0.303 e. The lowest BCUT2D eigenvalue weighted by molar-refractivity contribution is -0.137. The third-order valence-electron chi connectivity index (χ3n) is 3.42. The highest BCUT2D eigenvalue weighted by Crippen LogP contribution is 2.22. The maximum Gasteiger partial charge on any atom is 0.303 e. The van der Waals surface area contributed by atoms with Gasteiger partial charge in [0.25, 0.3) is 0 Å². The number of aliphatic carboxylic acids is 1. The van der Waals surface area contributed by atoms with Crippen LogP contribution in [0.1, 0.15) is 25.1 Å². The summed E-state index contributed by atoms with van der Waals surface area (Å²) < 4.78 is 2.03. The van der Waals surface area contributed by atoms with Crippen molar-refractivity contribution >= 4 is 5.97 Å². The molecule has 0 amide bonds. The molecule has 1 aliphatic heterocycles. The highest BCUT2D eigenvalue weighted by atomic mass is 16.4. The van der Waals surface area contributed by atoms with Crippen LogP contribution in [0.2, 0.25) is 0 Å². The summed E-state index contributed by atoms with van der Waals surface area (Å²) in [5.74, 6) is 0.919. The van der Waals surface area contributed by atoms with Crippen molar-refractivity contribution in [1.29, 1.82) is 0 Å². The molecule has 1 unspecified atom stereocenters. The molecule has 0 aliphatic carbocycles. The standard InChI is InChI=1S/C12H19N3O2/c1-14-7-5-13-11(14)9-15-6-4-10(8-15)2-3-12(16)17/h5,7,10H,2-4,6,8-9H2,1H3,(H,16,17). The van der Waals surface area contributed by atoms with E-state index in [1.165, 1.54) is 0 Å². The van der Waals surface area contributed by atoms with Gasteiger partial charge >= 0.3 is 5.97 Å². The van der Waals surface area contributed by atoms with Gasteiger partial charge in [-0.05, 0) is 25.3 Å². The fourth-order valence-corrected chi connectivity index (χ4v) is 2.37. The Morgan fingerprint density at radius 2 is 2.47 bits per heavy atom. The molecule has 0 saturated carbocycles. The Balaban J connectivity index is 1.78. The maximum absolute atomic E-state index is 10.5. The van der Waals surface area contributed by atoms with E-state index in [0.717, 1.165) is 38.3 Å². The van der Waals surface area contributed by atoms with Crippen LogP contribution in [-0.2, 0) is 18.4 Å². The molecule has 94 valence electrons. The molecule has 1 atom stereocenters. The highest BCUT2D eigenvalue weighted by Gasteiger charge is 2.23. The van der Waals surface area contributed by atoms with Crippen LogP contribution in [0.15, 0.2) is 12.4 Å². The third-order valence-corrected chi connectivity index (χ3v) is 3.42. The second-order valence-electron chi connectivity index (χ2n) is 4.78. The minimum atomic E-state index is -0.687. The molecular formula is C12H19N3O2. The second kappa shape index (κ2) is 5.31. The lowest BCUT2D eigenvalue weighted by Gasteiger charge is -2.15. The van der Waals surface area contributed by atoms with Crippen LogP contribution in [-0.4, -0.2) is 38.6 Å². The Hall–Kier alpha value is -1.36. The molecule has 0 aromatic carbocycles. The Labute approximate surface area is 101 Å². The molecular weight excluding hydrogens is 218 g/mol. The van der Waals surface area contributed by atoms with Gasteiger partial charge in [0, 0.05) is 32.4 Å². The number of likely N-dealkylation sites (tertiary alicyclic amines) is 1. The molecule has 2 rings (SSSR count). The first-order valence-corrected chi connectivity index (χ1v) is 6.05. The first-order valence-electron chi connectivity index (χ1n) is 6.05. The molecule has 5 heteroatoms. The number of rotatable bonds is 5. The van der Waals surface area contributed by atoms with Gasteiger partial charge in [0.1, 0.15) is 5.82 Å². The number of carbonyl (C=O) groups is 1. The van der Waals surface area contributed by atoms with E-state index in [1.807, 2.05) is 24.0 Å². The lowest BCUT2D eigenvalue weighted by Crippen LogP contribution is -2.22. The Kier molecular flexibility index (Phi) is 3.78. The van der Waals surface area contributed by atoms with Gasteiger partial charge in [-0.1, -0.05) is 0 Å². The van der Waals surface area contributed by atoms with Crippen LogP contribution in [0.25, 0.3) is 0 Å². The zero-order valence-electron chi connectivity index (χ0n) is 10.2. The minimum absolute atomic E-state index is 0.293. The lowest BCUT2D eigenvalue weighted by atomic mass is 10.0. The molecule has 5 nitrogen and oxygen atoms in total. The van der Waals surface area contributed by atoms with Crippen molar-refractivity contribution in [2.45, 2.75) is 25.8 Å². The first-order chi connectivity index (χ1) is 8.15. The summed E-state index contributed by atoms with van der Waals surface area (Å²) in [5, 5.41) is 8.66. The van der Waals surface area contributed by atoms with E-state index in [4.69, 9.17) is 5.11 Å². The average molecular weight is 237 g/mol. The summed E-state index contributed by atoms with van der Waals surface area (Å²) in [5.41, 5.74) is 0. The molecule has 1 aliphatic rings. The molecule has 1 saturated heterocycles. The molecule has 1 aromatic rings. The minimum Gasteiger partial charge on any atom is -0.481 e. The Morgan fingerprint density at radius 1 is 1.65 bits per heavy atom. The van der Waals surface area contributed by atoms with Gasteiger partial charge in [-0.15, -0.1) is 0 Å². The van der Waals surface area contributed by atoms with Crippen molar-refractivity contribution in [2.75, 3.05) is 13.1 Å². The number of imidazole rings is 1. The number of carboxylic acid groups (broad SMARTS) is 1. The molecule has 1 fully saturated rings. The molecule has 0 spiro atoms. The van der Waals surface area contributed by atoms with Crippen LogP contribution in [0.5, 0.6) is 0 Å². The van der Waals surface area contributed by atoms with E-state index < -0.39 is 5.97 Å². The van der Waals surface area contributed by atoms with E-state index >= 15 is 0 Å². The van der Waals surface area contributed by atoms with Gasteiger partial charge in [-0.25, -0.2) is 4.98 Å². The van der Waals surface area contributed by atoms with Crippen molar-refractivity contribution in [3.63, 3.8) is 0 Å². The summed E-state index contributed by atoms with van der Waals surface area (Å²) >= 11 is 0. The zero-order chi connectivity index (χ0) is 12.3. The van der Waals surface area contributed by atoms with E-state index in [9.17, 15) is 4.79 Å². The van der Waals surface area contributed by atoms with E-state index in [2.05, 4.69) is 9.88 Å². The predicted molar refractivity (Wildman–Crippen MR) is 63.5 cm³/mol. The number of nitrogens with zero attached hydrogens (tertiary/aromatic N) is 3. The predicted octanol–water partition coefficient (Wildman–Crippen LogP) is 1.11. The second-order valence-corrected chi connectivity index (χ2v) is 4.78. The van der Waals surface area contributed by atoms with Gasteiger partial charge < -0.3 is 9.67 Å². The Morgan fingerprint density at radius 3 is 3.12 bits per heavy atom. The van der Waals surface area contributed by atoms with Gasteiger partial charge in [0.2, 0.25) is 0 Å². The molecule has 0 bridgehead atoms. The molecule has 1 N–H and O–H groups in total. The quantitative estimate of drug-likeness (QED) is 0.833. The average Bonchev–Trinajstić information content (AvgIpc) is 2.87. The monoisotopic (exact) mass is 237 g/mol. The van der Waals surface area contributed by atoms with Crippen LogP contribution in [0.4, 0.5) is 0 Å². The van der Waals surface area contributed by atoms with Crippen molar-refractivity contribution in [3.05, 3.63) is 18.2 Å². The molecule has 2 heterocycles. The number of hydrogen-bond donors (Lipinski definition) is 1. The zero-order valence-corrected chi connectivity index (χ0v) is 10.2. The fourth-order valence-electron chi connectivity index (χ4n) is 2.37. The largest absolute Gasteiger partial charge is 0.481 e. The van der Waals surface area contributed by atoms with Gasteiger partial charge in [0.05, 0.1) is 6.54 Å². The summed E-state index contributed by atoms with van der Waals surface area (Å²) in [6.45, 7) is 2.92. The molecule has 1 aromatic heterocycles. The highest BCUT2D eigenvalue weighted by molar-refractivity contribution is 5.66. The van der Waals surface area contributed by atoms with E-state index in [0.29, 0.717) is 12.3 Å². The van der Waals surface area contributed by atoms with Gasteiger partial charge in [-0.2, -0.15) is 0 Å². The van der Waals surface area contributed by atoms with Crippen molar-refractivity contribution in [2.24, 2.45) is 13.0 Å². The maximum atomic E-state index is 10.5. The van der Waals surface area contributed by atoms with Crippen LogP contribution < -0.4 is 0 Å². The topological polar surface area (TPSA) is 58.4 Å². The SMILES string of the molecule is Cn1ccnc1CN1CCC(CCC(=O)O)C1. The number of aromatic nitrogens is 2. The first kappa shape index (κ1) is 12.1. The van der Waals surface area contributed by atoms with Crippen LogP contribution in [0, 0.1) is 5.92 Å². The summed E-state index contributed by atoms with van der Waals surface area (Å²) in [4.78, 5) is 17.2. The van der Waals surface area contributed by atoms with Gasteiger partial charge in [0.15, 0.2) is 0 Å². The summed E-state index contributed by atoms with van der Waals surface area (Å²) in [6.07, 6.45) is 5.96. The Bertz CT molecular complexity index is 389. The fraction of sp³-hybridized carbons (Fsp3) is 0.667.